The number of nitrogen functional groups attached to an aromatic ring is 2. The molecule has 0 unspecified atom stereocenters. The molecule has 2 aromatic heterocycles. The zero-order valence-electron chi connectivity index (χ0n) is 19.0. The first-order chi connectivity index (χ1) is 17.3. The van der Waals surface area contributed by atoms with Crippen LogP contribution in [0.1, 0.15) is 21.5 Å². The second-order valence-corrected chi connectivity index (χ2v) is 8.83. The molecule has 0 spiro atoms. The van der Waals surface area contributed by atoms with Crippen molar-refractivity contribution in [3.8, 4) is 16.9 Å². The third-order valence-electron chi connectivity index (χ3n) is 6.72. The van der Waals surface area contributed by atoms with Crippen molar-refractivity contribution in [3.05, 3.63) is 69.4 Å². The first kappa shape index (κ1) is 21.8. The Balaban J connectivity index is 1.43. The van der Waals surface area contributed by atoms with Crippen molar-refractivity contribution >= 4 is 34.3 Å². The predicted octanol–water partition coefficient (Wildman–Crippen LogP) is 2.42. The van der Waals surface area contributed by atoms with Crippen molar-refractivity contribution in [3.63, 3.8) is 0 Å². The summed E-state index contributed by atoms with van der Waals surface area (Å²) in [5.74, 6) is -1.30. The molecule has 11 heteroatoms. The number of benzene rings is 2. The van der Waals surface area contributed by atoms with Crippen LogP contribution >= 0.6 is 0 Å². The van der Waals surface area contributed by atoms with Crippen LogP contribution < -0.4 is 26.5 Å². The smallest absolute Gasteiger partial charge is 0.341 e. The summed E-state index contributed by atoms with van der Waals surface area (Å²) in [7, 11) is 0. The van der Waals surface area contributed by atoms with Gasteiger partial charge in [0.2, 0.25) is 11.4 Å². The van der Waals surface area contributed by atoms with Crippen LogP contribution in [0.15, 0.2) is 41.5 Å². The Bertz CT molecular complexity index is 1650. The fraction of sp³-hybridized carbons (Fsp3) is 0.200. The Morgan fingerprint density at radius 2 is 2.06 bits per heavy atom. The quantitative estimate of drug-likeness (QED) is 0.393. The van der Waals surface area contributed by atoms with Gasteiger partial charge in [-0.3, -0.25) is 4.79 Å². The number of carboxylic acids is 1. The van der Waals surface area contributed by atoms with Crippen LogP contribution in [0.5, 0.6) is 5.75 Å². The summed E-state index contributed by atoms with van der Waals surface area (Å²) >= 11 is 0. The molecule has 0 aliphatic carbocycles. The Hall–Kier alpha value is -4.67. The Labute approximate surface area is 203 Å². The minimum absolute atomic E-state index is 0.0125. The predicted molar refractivity (Wildman–Crippen MR) is 132 cm³/mol. The molecule has 0 saturated carbocycles. The summed E-state index contributed by atoms with van der Waals surface area (Å²) < 4.78 is 23.0. The zero-order valence-corrected chi connectivity index (χ0v) is 19.0. The Kier molecular flexibility index (Phi) is 4.82. The number of aromatic carboxylic acids is 1. The Morgan fingerprint density at radius 3 is 2.83 bits per heavy atom. The van der Waals surface area contributed by atoms with Gasteiger partial charge in [0.25, 0.3) is 0 Å². The number of anilines is 3. The number of nitrogens with zero attached hydrogens (tertiary/aromatic N) is 4. The van der Waals surface area contributed by atoms with E-state index in [9.17, 15) is 14.7 Å². The molecule has 0 amide bonds. The van der Waals surface area contributed by atoms with E-state index in [1.165, 1.54) is 6.20 Å². The van der Waals surface area contributed by atoms with E-state index < -0.39 is 22.8 Å². The molecular weight excluding hydrogens is 467 g/mol. The molecule has 0 fully saturated rings. The third-order valence-corrected chi connectivity index (χ3v) is 6.72. The number of ether oxygens (including phenoxy) is 1. The lowest BCUT2D eigenvalue weighted by atomic mass is 9.97. The standard InChI is InChI=1S/C25H21FN6O4/c26-17-8-15-20-22(36-6-5-32(20)11-16(21(15)33)24(34)35)19(17)13-1-2-18-12(7-13)3-4-31(18)10-14-9-29-25(28)30-23(14)27/h1-2,7-9,11H,3-6,10H2,(H,34,35)(H4,27,28,29,30). The molecule has 182 valence electrons. The highest BCUT2D eigenvalue weighted by Gasteiger charge is 2.27. The van der Waals surface area contributed by atoms with Crippen LogP contribution in [-0.4, -0.2) is 38.8 Å². The second-order valence-electron chi connectivity index (χ2n) is 8.83. The number of halogens is 1. The average molecular weight is 488 g/mol. The number of aromatic nitrogens is 3. The van der Waals surface area contributed by atoms with E-state index in [1.807, 2.05) is 18.2 Å². The maximum Gasteiger partial charge on any atom is 0.341 e. The number of hydrogen-bond acceptors (Lipinski definition) is 8. The number of carbonyl (C=O) groups is 1. The van der Waals surface area contributed by atoms with Crippen LogP contribution in [0.25, 0.3) is 22.0 Å². The van der Waals surface area contributed by atoms with E-state index in [-0.39, 0.29) is 29.3 Å². The summed E-state index contributed by atoms with van der Waals surface area (Å²) in [6.07, 6.45) is 3.66. The minimum atomic E-state index is -1.35. The topological polar surface area (TPSA) is 150 Å². The van der Waals surface area contributed by atoms with Crippen molar-refractivity contribution in [2.24, 2.45) is 0 Å². The van der Waals surface area contributed by atoms with Gasteiger partial charge >= 0.3 is 5.97 Å². The van der Waals surface area contributed by atoms with Gasteiger partial charge in [0.1, 0.15) is 23.8 Å². The number of pyridine rings is 1. The highest BCUT2D eigenvalue weighted by atomic mass is 19.1. The largest absolute Gasteiger partial charge is 0.489 e. The number of nitrogens with two attached hydrogens (primary N) is 2. The van der Waals surface area contributed by atoms with E-state index in [4.69, 9.17) is 16.2 Å². The van der Waals surface area contributed by atoms with E-state index in [0.29, 0.717) is 30.0 Å². The van der Waals surface area contributed by atoms with Crippen LogP contribution in [0, 0.1) is 5.82 Å². The SMILES string of the molecule is Nc1ncc(CN2CCc3cc(-c4c(F)cc5c(=O)c(C(=O)O)cn6c5c4OCC6)ccc32)c(N)n1. The fourth-order valence-electron chi connectivity index (χ4n) is 5.03. The zero-order chi connectivity index (χ0) is 25.1. The maximum absolute atomic E-state index is 15.5. The normalized spacial score (nSPS) is 14.1. The monoisotopic (exact) mass is 488 g/mol. The van der Waals surface area contributed by atoms with Gasteiger partial charge in [-0.05, 0) is 35.7 Å². The lowest BCUT2D eigenvalue weighted by molar-refractivity contribution is 0.0694. The van der Waals surface area contributed by atoms with Crippen LogP contribution in [0.2, 0.25) is 0 Å². The Morgan fingerprint density at radius 1 is 1.22 bits per heavy atom. The maximum atomic E-state index is 15.5. The number of rotatable bonds is 4. The van der Waals surface area contributed by atoms with E-state index >= 15 is 4.39 Å². The molecule has 0 bridgehead atoms. The van der Waals surface area contributed by atoms with Crippen molar-refractivity contribution in [1.82, 2.24) is 14.5 Å². The van der Waals surface area contributed by atoms with Gasteiger partial charge in [0.05, 0.1) is 23.0 Å². The van der Waals surface area contributed by atoms with Gasteiger partial charge in [-0.2, -0.15) is 4.98 Å². The molecule has 0 atom stereocenters. The van der Waals surface area contributed by atoms with Crippen LogP contribution in [0.4, 0.5) is 21.8 Å². The highest BCUT2D eigenvalue weighted by molar-refractivity contribution is 5.98. The number of carboxylic acid groups (broad SMARTS) is 1. The molecule has 4 heterocycles. The molecule has 36 heavy (non-hydrogen) atoms. The average Bonchev–Trinajstić information content (AvgIpc) is 3.24. The molecule has 2 aliphatic rings. The van der Waals surface area contributed by atoms with Gasteiger partial charge in [0.15, 0.2) is 5.75 Å². The van der Waals surface area contributed by atoms with Crippen molar-refractivity contribution in [2.75, 3.05) is 29.5 Å². The van der Waals surface area contributed by atoms with Crippen LogP contribution in [0.3, 0.4) is 0 Å². The molecule has 2 aromatic carbocycles. The summed E-state index contributed by atoms with van der Waals surface area (Å²) in [5.41, 5.74) is 14.5. The summed E-state index contributed by atoms with van der Waals surface area (Å²) in [6, 6.07) is 6.76. The first-order valence-corrected chi connectivity index (χ1v) is 11.3. The molecule has 5 N–H and O–H groups in total. The number of fused-ring (bicyclic) bond motifs is 1. The highest BCUT2D eigenvalue weighted by Crippen LogP contribution is 2.42. The molecule has 0 saturated heterocycles. The molecule has 10 nitrogen and oxygen atoms in total. The minimum Gasteiger partial charge on any atom is -0.489 e. The molecule has 4 aromatic rings. The van der Waals surface area contributed by atoms with Gasteiger partial charge in [-0.25, -0.2) is 14.2 Å². The summed E-state index contributed by atoms with van der Waals surface area (Å²) in [4.78, 5) is 34.5. The fourth-order valence-corrected chi connectivity index (χ4v) is 5.03. The lowest BCUT2D eigenvalue weighted by Gasteiger charge is -2.24. The van der Waals surface area contributed by atoms with Gasteiger partial charge < -0.3 is 30.8 Å². The third kappa shape index (κ3) is 3.31. The van der Waals surface area contributed by atoms with Gasteiger partial charge in [-0.1, -0.05) is 6.07 Å². The number of hydrogen-bond donors (Lipinski definition) is 3. The van der Waals surface area contributed by atoms with Gasteiger partial charge in [0, 0.05) is 36.7 Å². The van der Waals surface area contributed by atoms with E-state index in [1.54, 1.807) is 10.8 Å². The molecular formula is C25H21FN6O4. The second kappa shape index (κ2) is 7.94. The van der Waals surface area contributed by atoms with Crippen molar-refractivity contribution in [1.29, 1.82) is 0 Å². The van der Waals surface area contributed by atoms with Crippen molar-refractivity contribution in [2.45, 2.75) is 19.5 Å². The summed E-state index contributed by atoms with van der Waals surface area (Å²) in [5, 5.41) is 9.39. The lowest BCUT2D eigenvalue weighted by Crippen LogP contribution is -2.24. The first-order valence-electron chi connectivity index (χ1n) is 11.3. The molecule has 2 aliphatic heterocycles. The molecule has 6 rings (SSSR count). The molecule has 0 radical (unpaired) electrons. The summed E-state index contributed by atoms with van der Waals surface area (Å²) in [6.45, 7) is 1.83. The van der Waals surface area contributed by atoms with E-state index in [0.717, 1.165) is 35.8 Å². The van der Waals surface area contributed by atoms with Crippen LogP contribution in [-0.2, 0) is 19.5 Å². The van der Waals surface area contributed by atoms with Crippen molar-refractivity contribution < 1.29 is 19.0 Å². The van der Waals surface area contributed by atoms with E-state index in [2.05, 4.69) is 14.9 Å². The van der Waals surface area contributed by atoms with Gasteiger partial charge in [-0.15, -0.1) is 0 Å².